The van der Waals surface area contributed by atoms with E-state index in [1.165, 1.54) is 0 Å². The van der Waals surface area contributed by atoms with Gasteiger partial charge in [0.15, 0.2) is 6.29 Å². The van der Waals surface area contributed by atoms with Gasteiger partial charge >= 0.3 is 5.97 Å². The highest BCUT2D eigenvalue weighted by molar-refractivity contribution is 6.29. The van der Waals surface area contributed by atoms with E-state index < -0.39 is 24.3 Å². The minimum atomic E-state index is -1.04. The van der Waals surface area contributed by atoms with Gasteiger partial charge in [0.2, 0.25) is 0 Å². The van der Waals surface area contributed by atoms with E-state index in [0.717, 1.165) is 16.2 Å². The van der Waals surface area contributed by atoms with Gasteiger partial charge in [-0.1, -0.05) is 41.5 Å². The van der Waals surface area contributed by atoms with Crippen molar-refractivity contribution in [3.8, 4) is 23.0 Å². The summed E-state index contributed by atoms with van der Waals surface area (Å²) in [7, 11) is 7.91. The zero-order valence-electron chi connectivity index (χ0n) is 30.8. The number of methoxy groups -OCH3 is 5. The fraction of sp³-hybridized carbons (Fsp3) is 0.475. The van der Waals surface area contributed by atoms with Crippen LogP contribution in [0.25, 0.3) is 0 Å². The molecule has 11 nitrogen and oxygen atoms in total. The molecule has 4 rings (SSSR count). The van der Waals surface area contributed by atoms with E-state index in [2.05, 4.69) is 6.08 Å². The number of benzene rings is 2. The number of carbonyl (C=O) groups is 1. The maximum atomic E-state index is 12.8. The van der Waals surface area contributed by atoms with E-state index in [1.54, 1.807) is 72.8 Å². The van der Waals surface area contributed by atoms with E-state index >= 15 is 0 Å². The summed E-state index contributed by atoms with van der Waals surface area (Å²) in [4.78, 5) is 12.8. The first-order chi connectivity index (χ1) is 25.2. The Hall–Kier alpha value is -3.84. The van der Waals surface area contributed by atoms with Crippen molar-refractivity contribution < 1.29 is 52.5 Å². The molecule has 0 amide bonds. The minimum Gasteiger partial charge on any atom is -0.497 e. The average molecular weight is 743 g/mol. The van der Waals surface area contributed by atoms with Crippen molar-refractivity contribution in [1.82, 2.24) is 0 Å². The van der Waals surface area contributed by atoms with Crippen LogP contribution in [-0.4, -0.2) is 83.9 Å². The molecule has 1 unspecified atom stereocenters. The van der Waals surface area contributed by atoms with Gasteiger partial charge in [0.1, 0.15) is 41.8 Å². The van der Waals surface area contributed by atoms with Gasteiger partial charge in [-0.3, -0.25) is 4.79 Å². The molecule has 0 bridgehead atoms. The zero-order chi connectivity index (χ0) is 37.5. The van der Waals surface area contributed by atoms with Gasteiger partial charge in [-0.15, -0.1) is 0 Å². The number of carbonyl (C=O) groups excluding carboxylic acids is 1. The molecular weight excluding hydrogens is 692 g/mol. The van der Waals surface area contributed by atoms with E-state index in [4.69, 9.17) is 54.2 Å². The molecule has 284 valence electrons. The summed E-state index contributed by atoms with van der Waals surface area (Å²) in [6.07, 6.45) is 9.34. The largest absolute Gasteiger partial charge is 0.497 e. The summed E-state index contributed by atoms with van der Waals surface area (Å²) in [5.41, 5.74) is 3.24. The molecule has 1 fully saturated rings. The number of aliphatic hydroxyl groups excluding tert-OH is 1. The highest BCUT2D eigenvalue weighted by Gasteiger charge is 2.39. The molecule has 12 heteroatoms. The van der Waals surface area contributed by atoms with Gasteiger partial charge < -0.3 is 47.7 Å². The molecule has 0 aliphatic carbocycles. The number of ether oxygens (including phenoxy) is 9. The first-order valence-corrected chi connectivity index (χ1v) is 17.6. The summed E-state index contributed by atoms with van der Waals surface area (Å²) < 4.78 is 50.6. The third kappa shape index (κ3) is 12.4. The van der Waals surface area contributed by atoms with E-state index in [0.29, 0.717) is 66.4 Å². The lowest BCUT2D eigenvalue weighted by molar-refractivity contribution is -0.144. The number of halogens is 1. The van der Waals surface area contributed by atoms with Gasteiger partial charge in [0, 0.05) is 41.8 Å². The van der Waals surface area contributed by atoms with Crippen LogP contribution in [-0.2, 0) is 41.7 Å². The Balaban J connectivity index is 1.37. The van der Waals surface area contributed by atoms with Crippen molar-refractivity contribution in [3.05, 3.63) is 94.1 Å². The SMILES string of the molecule is COc1ccc(COC(=O)C/C(C)=C/[C@@H](O)[C@H]2O[C@H](CC/C(Cl)=C/C/C=C3/C=CC(OC)OC3)C[C@H]2OCc2ccc(OC)cc2OC)c(OC)c1. The molecule has 2 heterocycles. The molecule has 2 aromatic rings. The van der Waals surface area contributed by atoms with Crippen molar-refractivity contribution >= 4 is 17.6 Å². The average Bonchev–Trinajstić information content (AvgIpc) is 3.58. The lowest BCUT2D eigenvalue weighted by Gasteiger charge is -2.23. The van der Waals surface area contributed by atoms with Gasteiger partial charge in [-0.2, -0.15) is 0 Å². The topological polar surface area (TPSA) is 120 Å². The van der Waals surface area contributed by atoms with Crippen LogP contribution in [0.5, 0.6) is 23.0 Å². The molecule has 1 saturated heterocycles. The van der Waals surface area contributed by atoms with Gasteiger partial charge in [0.05, 0.1) is 60.3 Å². The van der Waals surface area contributed by atoms with Crippen LogP contribution in [0, 0.1) is 0 Å². The maximum Gasteiger partial charge on any atom is 0.310 e. The molecule has 1 N–H and O–H groups in total. The Bertz CT molecular complexity index is 1580. The molecule has 0 radical (unpaired) electrons. The molecule has 2 aliphatic heterocycles. The predicted octanol–water partition coefficient (Wildman–Crippen LogP) is 6.98. The van der Waals surface area contributed by atoms with Crippen LogP contribution in [0.1, 0.15) is 50.2 Å². The number of hydrogen-bond acceptors (Lipinski definition) is 11. The number of allylic oxidation sites excluding steroid dienone is 3. The number of aliphatic hydroxyl groups is 1. The van der Waals surface area contributed by atoms with Crippen LogP contribution in [0.3, 0.4) is 0 Å². The third-order valence-corrected chi connectivity index (χ3v) is 9.14. The fourth-order valence-electron chi connectivity index (χ4n) is 5.93. The molecular formula is C40H51ClO11. The normalized spacial score (nSPS) is 22.0. The Morgan fingerprint density at radius 2 is 1.65 bits per heavy atom. The second kappa shape index (κ2) is 21.0. The Morgan fingerprint density at radius 1 is 0.981 bits per heavy atom. The molecule has 52 heavy (non-hydrogen) atoms. The smallest absolute Gasteiger partial charge is 0.310 e. The molecule has 2 aliphatic rings. The molecule has 0 saturated carbocycles. The highest BCUT2D eigenvalue weighted by Crippen LogP contribution is 2.33. The summed E-state index contributed by atoms with van der Waals surface area (Å²) in [5, 5.41) is 12.1. The van der Waals surface area contributed by atoms with Crippen molar-refractivity contribution in [2.24, 2.45) is 0 Å². The molecule has 0 spiro atoms. The molecule has 0 aromatic heterocycles. The third-order valence-electron chi connectivity index (χ3n) is 8.79. The highest BCUT2D eigenvalue weighted by atomic mass is 35.5. The van der Waals surface area contributed by atoms with Gasteiger partial charge in [0.25, 0.3) is 0 Å². The summed E-state index contributed by atoms with van der Waals surface area (Å²) in [6, 6.07) is 10.8. The monoisotopic (exact) mass is 742 g/mol. The van der Waals surface area contributed by atoms with Crippen molar-refractivity contribution in [2.45, 2.75) is 82.9 Å². The van der Waals surface area contributed by atoms with Crippen molar-refractivity contribution in [3.63, 3.8) is 0 Å². The Kier molecular flexibility index (Phi) is 16.5. The minimum absolute atomic E-state index is 0.00824. The number of hydrogen-bond donors (Lipinski definition) is 1. The standard InChI is InChI=1S/C40H51ClO11/c1-26(19-38(43)50-25-29-12-15-32(45-3)21-36(29)47-5)18-34(42)40-37(49-24-28-11-14-31(44-2)20-35(28)46-4)22-33(52-40)16-13-30(41)9-7-8-27-10-17-39(48-6)51-23-27/h8-12,14-15,17-18,20-21,33-34,37,39-40,42H,7,13,16,19,22-25H2,1-6H3/b26-18+,27-8-,30-9-/t33-,34-,37-,39?,40-/m1/s1. The fourth-order valence-corrected chi connectivity index (χ4v) is 6.12. The first-order valence-electron chi connectivity index (χ1n) is 17.2. The molecule has 2 aromatic carbocycles. The van der Waals surface area contributed by atoms with Gasteiger partial charge in [-0.05, 0) is 62.1 Å². The van der Waals surface area contributed by atoms with Crippen LogP contribution in [0.2, 0.25) is 0 Å². The second-order valence-electron chi connectivity index (χ2n) is 12.5. The van der Waals surface area contributed by atoms with Crippen LogP contribution < -0.4 is 18.9 Å². The number of rotatable bonds is 19. The molecule has 5 atom stereocenters. The van der Waals surface area contributed by atoms with Crippen LogP contribution in [0.15, 0.2) is 83.0 Å². The summed E-state index contributed by atoms with van der Waals surface area (Å²) in [6.45, 7) is 2.53. The first kappa shape index (κ1) is 40.9. The zero-order valence-corrected chi connectivity index (χ0v) is 31.6. The quantitative estimate of drug-likeness (QED) is 0.119. The second-order valence-corrected chi connectivity index (χ2v) is 13.0. The van der Waals surface area contributed by atoms with E-state index in [1.807, 2.05) is 30.4 Å². The van der Waals surface area contributed by atoms with Crippen LogP contribution in [0.4, 0.5) is 0 Å². The van der Waals surface area contributed by atoms with Gasteiger partial charge in [-0.25, -0.2) is 0 Å². The van der Waals surface area contributed by atoms with Crippen molar-refractivity contribution in [1.29, 1.82) is 0 Å². The summed E-state index contributed by atoms with van der Waals surface area (Å²) in [5.74, 6) is 2.06. The lowest BCUT2D eigenvalue weighted by atomic mass is 10.0. The number of esters is 1. The predicted molar refractivity (Wildman–Crippen MR) is 197 cm³/mol. The van der Waals surface area contributed by atoms with Crippen LogP contribution >= 0.6 is 11.6 Å². The maximum absolute atomic E-state index is 12.8. The Morgan fingerprint density at radius 3 is 2.25 bits per heavy atom. The lowest BCUT2D eigenvalue weighted by Crippen LogP contribution is -2.35. The van der Waals surface area contributed by atoms with Crippen molar-refractivity contribution in [2.75, 3.05) is 42.2 Å². The summed E-state index contributed by atoms with van der Waals surface area (Å²) >= 11 is 6.61. The van der Waals surface area contributed by atoms with E-state index in [-0.39, 0.29) is 32.0 Å². The van der Waals surface area contributed by atoms with E-state index in [9.17, 15) is 9.90 Å². The Labute approximate surface area is 311 Å².